The van der Waals surface area contributed by atoms with Crippen LogP contribution in [0.2, 0.25) is 0 Å². The van der Waals surface area contributed by atoms with Crippen molar-refractivity contribution in [1.82, 2.24) is 15.0 Å². The Balaban J connectivity index is 1.18. The molecule has 0 saturated carbocycles. The first-order valence-electron chi connectivity index (χ1n) is 15.8. The van der Waals surface area contributed by atoms with Gasteiger partial charge in [-0.3, -0.25) is 0 Å². The zero-order valence-corrected chi connectivity index (χ0v) is 25.9. The molecule has 0 radical (unpaired) electrons. The van der Waals surface area contributed by atoms with Crippen molar-refractivity contribution < 1.29 is 9.47 Å². The first-order valence-corrected chi connectivity index (χ1v) is 15.8. The molecule has 1 aromatic heterocycles. The molecule has 2 heterocycles. The smallest absolute Gasteiger partial charge is 0.181 e. The van der Waals surface area contributed by atoms with Crippen LogP contribution in [0, 0.1) is 0 Å². The van der Waals surface area contributed by atoms with Crippen molar-refractivity contribution in [2.45, 2.75) is 19.3 Å². The van der Waals surface area contributed by atoms with Crippen LogP contribution in [0.25, 0.3) is 56.4 Å². The van der Waals surface area contributed by atoms with E-state index in [0.29, 0.717) is 34.7 Å². The number of hydrogen-bond acceptors (Lipinski definition) is 5. The minimum absolute atomic E-state index is 0.140. The lowest BCUT2D eigenvalue weighted by Gasteiger charge is -2.26. The lowest BCUT2D eigenvalue weighted by atomic mass is 9.82. The van der Waals surface area contributed by atoms with Gasteiger partial charge in [0, 0.05) is 22.1 Å². The summed E-state index contributed by atoms with van der Waals surface area (Å²) in [5, 5.41) is 0. The largest absolute Gasteiger partial charge is 0.449 e. The van der Waals surface area contributed by atoms with Crippen LogP contribution in [0.15, 0.2) is 140 Å². The Kier molecular flexibility index (Phi) is 6.09. The summed E-state index contributed by atoms with van der Waals surface area (Å²) in [6.45, 7) is 4.52. The quantitative estimate of drug-likeness (QED) is 0.199. The van der Waals surface area contributed by atoms with E-state index in [2.05, 4.69) is 68.4 Å². The molecule has 0 amide bonds. The second-order valence-corrected chi connectivity index (χ2v) is 12.4. The Hall–Kier alpha value is -6.07. The third kappa shape index (κ3) is 4.43. The fourth-order valence-corrected chi connectivity index (χ4v) is 6.83. The number of hydrogen-bond donors (Lipinski definition) is 0. The monoisotopic (exact) mass is 607 g/mol. The lowest BCUT2D eigenvalue weighted by Crippen LogP contribution is -2.15. The van der Waals surface area contributed by atoms with Gasteiger partial charge in [0.1, 0.15) is 0 Å². The van der Waals surface area contributed by atoms with E-state index in [4.69, 9.17) is 24.4 Å². The van der Waals surface area contributed by atoms with Crippen LogP contribution in [-0.4, -0.2) is 15.0 Å². The maximum Gasteiger partial charge on any atom is 0.181 e. The highest BCUT2D eigenvalue weighted by Crippen LogP contribution is 2.59. The number of fused-ring (bicyclic) bond motifs is 6. The molecule has 0 unspecified atom stereocenters. The van der Waals surface area contributed by atoms with Gasteiger partial charge in [-0.2, -0.15) is 0 Å². The van der Waals surface area contributed by atoms with Gasteiger partial charge in [-0.05, 0) is 52.1 Å². The van der Waals surface area contributed by atoms with Crippen LogP contribution >= 0.6 is 0 Å². The Morgan fingerprint density at radius 1 is 0.426 bits per heavy atom. The zero-order valence-electron chi connectivity index (χ0n) is 25.9. The molecule has 0 N–H and O–H groups in total. The van der Waals surface area contributed by atoms with Crippen molar-refractivity contribution in [2.24, 2.45) is 0 Å². The molecule has 9 rings (SSSR count). The van der Waals surface area contributed by atoms with Crippen LogP contribution in [0.5, 0.6) is 23.0 Å². The summed E-state index contributed by atoms with van der Waals surface area (Å²) in [4.78, 5) is 15.0. The molecule has 7 aromatic rings. The summed E-state index contributed by atoms with van der Waals surface area (Å²) in [7, 11) is 0. The molecule has 0 atom stereocenters. The summed E-state index contributed by atoms with van der Waals surface area (Å²) in [6.07, 6.45) is 0. The van der Waals surface area contributed by atoms with Crippen LogP contribution < -0.4 is 9.47 Å². The van der Waals surface area contributed by atoms with E-state index in [1.165, 1.54) is 16.7 Å². The van der Waals surface area contributed by atoms with Gasteiger partial charge in [-0.1, -0.05) is 129 Å². The summed E-state index contributed by atoms with van der Waals surface area (Å²) in [5.74, 6) is 4.30. The SMILES string of the molecule is CC1(C)c2ccccc2-c2c1ccc1c2Oc2cccc(-c3nc(-c4ccccc4)nc(-c4cccc(-c5ccccc5)c4)n3)c2O1. The molecule has 5 nitrogen and oxygen atoms in total. The fourth-order valence-electron chi connectivity index (χ4n) is 6.83. The third-order valence-corrected chi connectivity index (χ3v) is 9.20. The van der Waals surface area contributed by atoms with Crippen LogP contribution in [0.1, 0.15) is 25.0 Å². The van der Waals surface area contributed by atoms with Crippen LogP contribution in [0.3, 0.4) is 0 Å². The minimum atomic E-state index is -0.140. The van der Waals surface area contributed by atoms with Gasteiger partial charge >= 0.3 is 0 Å². The van der Waals surface area contributed by atoms with Gasteiger partial charge in [0.25, 0.3) is 0 Å². The molecule has 0 fully saturated rings. The van der Waals surface area contributed by atoms with Crippen molar-refractivity contribution in [3.63, 3.8) is 0 Å². The third-order valence-electron chi connectivity index (χ3n) is 9.20. The first kappa shape index (κ1) is 27.3. The van der Waals surface area contributed by atoms with Crippen LogP contribution in [0.4, 0.5) is 0 Å². The summed E-state index contributed by atoms with van der Waals surface area (Å²) >= 11 is 0. The number of ether oxygens (including phenoxy) is 2. The van der Waals surface area contributed by atoms with Gasteiger partial charge in [0.15, 0.2) is 40.5 Å². The highest BCUT2D eigenvalue weighted by Gasteiger charge is 2.39. The molecular formula is C42H29N3O2. The van der Waals surface area contributed by atoms with Gasteiger partial charge in [0.05, 0.1) is 5.56 Å². The predicted octanol–water partition coefficient (Wildman–Crippen LogP) is 10.7. The highest BCUT2D eigenvalue weighted by atomic mass is 16.6. The number of benzene rings is 6. The summed E-state index contributed by atoms with van der Waals surface area (Å²) in [6, 6.07) is 47.2. The molecule has 0 spiro atoms. The predicted molar refractivity (Wildman–Crippen MR) is 186 cm³/mol. The van der Waals surface area contributed by atoms with E-state index < -0.39 is 0 Å². The Bertz CT molecular complexity index is 2330. The minimum Gasteiger partial charge on any atom is -0.449 e. The Morgan fingerprint density at radius 3 is 1.81 bits per heavy atom. The molecule has 5 heteroatoms. The van der Waals surface area contributed by atoms with E-state index in [9.17, 15) is 0 Å². The molecule has 0 bridgehead atoms. The molecule has 1 aliphatic heterocycles. The number of nitrogens with zero attached hydrogens (tertiary/aromatic N) is 3. The van der Waals surface area contributed by atoms with Crippen molar-refractivity contribution >= 4 is 0 Å². The van der Waals surface area contributed by atoms with E-state index in [-0.39, 0.29) is 5.41 Å². The number of aromatic nitrogens is 3. The first-order chi connectivity index (χ1) is 23.0. The molecule has 224 valence electrons. The van der Waals surface area contributed by atoms with Gasteiger partial charge in [-0.15, -0.1) is 0 Å². The lowest BCUT2D eigenvalue weighted by molar-refractivity contribution is 0.361. The number of para-hydroxylation sites is 1. The van der Waals surface area contributed by atoms with Crippen molar-refractivity contribution in [2.75, 3.05) is 0 Å². The maximum atomic E-state index is 6.73. The summed E-state index contributed by atoms with van der Waals surface area (Å²) in [5.41, 5.74) is 9.40. The second kappa shape index (κ2) is 10.5. The van der Waals surface area contributed by atoms with Gasteiger partial charge < -0.3 is 9.47 Å². The molecule has 6 aromatic carbocycles. The van der Waals surface area contributed by atoms with Crippen molar-refractivity contribution in [1.29, 1.82) is 0 Å². The average Bonchev–Trinajstić information content (AvgIpc) is 3.37. The van der Waals surface area contributed by atoms with Gasteiger partial charge in [0.2, 0.25) is 0 Å². The molecule has 0 saturated heterocycles. The highest BCUT2D eigenvalue weighted by molar-refractivity contribution is 5.88. The Labute approximate surface area is 273 Å². The topological polar surface area (TPSA) is 57.1 Å². The van der Waals surface area contributed by atoms with E-state index in [0.717, 1.165) is 39.1 Å². The molecular weight excluding hydrogens is 578 g/mol. The van der Waals surface area contributed by atoms with E-state index in [1.54, 1.807) is 0 Å². The standard InChI is InChI=1S/C42H29N3O2/c1-42(2)32-21-10-9-19-30(32)36-33(42)23-24-35-38(36)47-34-22-12-20-31(37(34)46-35)41-44-39(27-15-7-4-8-16-27)43-40(45-41)29-18-11-17-28(25-29)26-13-5-3-6-14-26/h3-25H,1-2H3. The van der Waals surface area contributed by atoms with Crippen molar-refractivity contribution in [3.8, 4) is 79.4 Å². The normalized spacial score (nSPS) is 13.4. The molecule has 1 aliphatic carbocycles. The number of rotatable bonds is 4. The van der Waals surface area contributed by atoms with Gasteiger partial charge in [-0.25, -0.2) is 15.0 Å². The van der Waals surface area contributed by atoms with Crippen LogP contribution in [-0.2, 0) is 5.41 Å². The summed E-state index contributed by atoms with van der Waals surface area (Å²) < 4.78 is 13.4. The fraction of sp³-hybridized carbons (Fsp3) is 0.0714. The molecule has 47 heavy (non-hydrogen) atoms. The zero-order chi connectivity index (χ0) is 31.5. The second-order valence-electron chi connectivity index (χ2n) is 12.4. The average molecular weight is 608 g/mol. The molecule has 2 aliphatic rings. The Morgan fingerprint density at radius 2 is 1.00 bits per heavy atom. The van der Waals surface area contributed by atoms with E-state index in [1.807, 2.05) is 84.9 Å². The van der Waals surface area contributed by atoms with E-state index >= 15 is 0 Å². The maximum absolute atomic E-state index is 6.73. The van der Waals surface area contributed by atoms with Crippen molar-refractivity contribution in [3.05, 3.63) is 151 Å².